The lowest BCUT2D eigenvalue weighted by molar-refractivity contribution is 0.0625. The molecular weight excluding hydrogens is 491 g/mol. The van der Waals surface area contributed by atoms with Crippen LogP contribution in [-0.2, 0) is 11.3 Å². The van der Waals surface area contributed by atoms with Crippen molar-refractivity contribution in [1.82, 2.24) is 15.1 Å². The largest absolute Gasteiger partial charge is 0.381 e. The summed E-state index contributed by atoms with van der Waals surface area (Å²) in [6, 6.07) is 7.83. The summed E-state index contributed by atoms with van der Waals surface area (Å²) in [4.78, 5) is 21.3. The summed E-state index contributed by atoms with van der Waals surface area (Å²) in [7, 11) is 2.10. The summed E-state index contributed by atoms with van der Waals surface area (Å²) in [5, 5.41) is 3.39. The molecule has 1 heterocycles. The zero-order valence-corrected chi connectivity index (χ0v) is 21.4. The Kier molecular flexibility index (Phi) is 13.0. The van der Waals surface area contributed by atoms with Gasteiger partial charge >= 0.3 is 0 Å². The molecule has 1 N–H and O–H groups in total. The summed E-state index contributed by atoms with van der Waals surface area (Å²) < 4.78 is 5.46. The van der Waals surface area contributed by atoms with Crippen LogP contribution >= 0.6 is 24.0 Å². The lowest BCUT2D eigenvalue weighted by Gasteiger charge is -2.26. The minimum absolute atomic E-state index is 0. The van der Waals surface area contributed by atoms with Gasteiger partial charge in [0.1, 0.15) is 0 Å². The predicted octanol–water partition coefficient (Wildman–Crippen LogP) is 4.00. The van der Waals surface area contributed by atoms with E-state index >= 15 is 0 Å². The Hall–Kier alpha value is -1.35. The number of carbonyl (C=O) groups excluding carboxylic acids is 1. The molecule has 30 heavy (non-hydrogen) atoms. The molecule has 0 bridgehead atoms. The number of aliphatic imine (C=N–C) groups is 1. The molecule has 1 saturated heterocycles. The van der Waals surface area contributed by atoms with Gasteiger partial charge in [-0.05, 0) is 63.6 Å². The summed E-state index contributed by atoms with van der Waals surface area (Å²) in [5.74, 6) is 1.78. The number of nitrogens with zero attached hydrogens (tertiary/aromatic N) is 3. The summed E-state index contributed by atoms with van der Waals surface area (Å²) in [6.45, 7) is 11.8. The number of benzene rings is 1. The molecule has 0 atom stereocenters. The molecular formula is C23H39IN4O2. The fourth-order valence-corrected chi connectivity index (χ4v) is 3.60. The molecule has 0 aliphatic carbocycles. The number of rotatable bonds is 9. The SMILES string of the molecule is CCNC(=NCc1ccc(C(=O)N(CC)CC)cc1)N(C)CCC1CCOCC1.I. The highest BCUT2D eigenvalue weighted by Gasteiger charge is 2.15. The van der Waals surface area contributed by atoms with E-state index in [9.17, 15) is 4.79 Å². The third-order valence-corrected chi connectivity index (χ3v) is 5.57. The maximum atomic E-state index is 12.4. The van der Waals surface area contributed by atoms with Crippen LogP contribution in [0, 0.1) is 5.92 Å². The average molecular weight is 530 g/mol. The van der Waals surface area contributed by atoms with Gasteiger partial charge in [-0.1, -0.05) is 12.1 Å². The molecule has 1 aromatic rings. The smallest absolute Gasteiger partial charge is 0.253 e. The fourth-order valence-electron chi connectivity index (χ4n) is 3.60. The topological polar surface area (TPSA) is 57.2 Å². The van der Waals surface area contributed by atoms with Gasteiger partial charge in [0.05, 0.1) is 6.54 Å². The predicted molar refractivity (Wildman–Crippen MR) is 135 cm³/mol. The van der Waals surface area contributed by atoms with E-state index in [1.807, 2.05) is 43.0 Å². The molecule has 1 fully saturated rings. The average Bonchev–Trinajstić information content (AvgIpc) is 2.76. The van der Waals surface area contributed by atoms with Crippen LogP contribution in [0.3, 0.4) is 0 Å². The van der Waals surface area contributed by atoms with Crippen LogP contribution in [0.25, 0.3) is 0 Å². The van der Waals surface area contributed by atoms with Gasteiger partial charge in [-0.2, -0.15) is 0 Å². The number of hydrogen-bond donors (Lipinski definition) is 1. The van der Waals surface area contributed by atoms with Crippen molar-refractivity contribution in [2.45, 2.75) is 46.6 Å². The summed E-state index contributed by atoms with van der Waals surface area (Å²) >= 11 is 0. The van der Waals surface area contributed by atoms with Gasteiger partial charge in [0.2, 0.25) is 0 Å². The lowest BCUT2D eigenvalue weighted by atomic mass is 9.96. The van der Waals surface area contributed by atoms with E-state index in [1.54, 1.807) is 0 Å². The lowest BCUT2D eigenvalue weighted by Crippen LogP contribution is -2.40. The van der Waals surface area contributed by atoms with Crippen molar-refractivity contribution in [3.8, 4) is 0 Å². The second-order valence-electron chi connectivity index (χ2n) is 7.61. The number of guanidine groups is 1. The fraction of sp³-hybridized carbons (Fsp3) is 0.652. The molecule has 0 saturated carbocycles. The molecule has 0 spiro atoms. The van der Waals surface area contributed by atoms with Crippen LogP contribution in [0.1, 0.15) is 56.0 Å². The van der Waals surface area contributed by atoms with Crippen molar-refractivity contribution >= 4 is 35.8 Å². The van der Waals surface area contributed by atoms with Crippen LogP contribution < -0.4 is 5.32 Å². The molecule has 0 unspecified atom stereocenters. The first-order valence-electron chi connectivity index (χ1n) is 11.0. The molecule has 1 aromatic carbocycles. The quantitative estimate of drug-likeness (QED) is 0.298. The number of hydrogen-bond acceptors (Lipinski definition) is 3. The summed E-state index contributed by atoms with van der Waals surface area (Å²) in [5.41, 5.74) is 1.84. The second-order valence-corrected chi connectivity index (χ2v) is 7.61. The number of ether oxygens (including phenoxy) is 1. The monoisotopic (exact) mass is 530 g/mol. The van der Waals surface area contributed by atoms with Gasteiger partial charge in [0.15, 0.2) is 5.96 Å². The van der Waals surface area contributed by atoms with Crippen molar-refractivity contribution in [2.75, 3.05) is 46.4 Å². The Balaban J connectivity index is 0.00000450. The highest BCUT2D eigenvalue weighted by Crippen LogP contribution is 2.18. The number of halogens is 1. The van der Waals surface area contributed by atoms with E-state index < -0.39 is 0 Å². The maximum Gasteiger partial charge on any atom is 0.253 e. The van der Waals surface area contributed by atoms with E-state index in [0.717, 1.165) is 62.4 Å². The van der Waals surface area contributed by atoms with Crippen LogP contribution in [-0.4, -0.2) is 68.1 Å². The van der Waals surface area contributed by atoms with Gasteiger partial charge in [-0.15, -0.1) is 24.0 Å². The Morgan fingerprint density at radius 1 is 1.13 bits per heavy atom. The highest BCUT2D eigenvalue weighted by atomic mass is 127. The normalized spacial score (nSPS) is 14.7. The van der Waals surface area contributed by atoms with Crippen LogP contribution in [0.15, 0.2) is 29.3 Å². The third-order valence-electron chi connectivity index (χ3n) is 5.57. The third kappa shape index (κ3) is 8.41. The summed E-state index contributed by atoms with van der Waals surface area (Å²) in [6.07, 6.45) is 3.51. The Morgan fingerprint density at radius 2 is 1.77 bits per heavy atom. The number of nitrogens with one attached hydrogen (secondary N) is 1. The molecule has 2 rings (SSSR count). The first-order valence-corrected chi connectivity index (χ1v) is 11.0. The number of carbonyl (C=O) groups is 1. The van der Waals surface area contributed by atoms with E-state index in [-0.39, 0.29) is 29.9 Å². The van der Waals surface area contributed by atoms with Gasteiger partial charge in [0.25, 0.3) is 5.91 Å². The molecule has 1 amide bonds. The minimum atomic E-state index is 0. The van der Waals surface area contributed by atoms with Crippen LogP contribution in [0.5, 0.6) is 0 Å². The van der Waals surface area contributed by atoms with E-state index in [0.29, 0.717) is 6.54 Å². The molecule has 170 valence electrons. The second kappa shape index (κ2) is 14.6. The van der Waals surface area contributed by atoms with Crippen LogP contribution in [0.4, 0.5) is 0 Å². The van der Waals surface area contributed by atoms with Gasteiger partial charge in [0, 0.05) is 52.0 Å². The van der Waals surface area contributed by atoms with Gasteiger partial charge in [-0.25, -0.2) is 4.99 Å². The van der Waals surface area contributed by atoms with Crippen molar-refractivity contribution in [3.63, 3.8) is 0 Å². The van der Waals surface area contributed by atoms with E-state index in [4.69, 9.17) is 9.73 Å². The molecule has 1 aliphatic heterocycles. The zero-order chi connectivity index (χ0) is 21.1. The van der Waals surface area contributed by atoms with Gasteiger partial charge < -0.3 is 19.9 Å². The molecule has 6 nitrogen and oxygen atoms in total. The van der Waals surface area contributed by atoms with Crippen molar-refractivity contribution in [2.24, 2.45) is 10.9 Å². The van der Waals surface area contributed by atoms with Gasteiger partial charge in [-0.3, -0.25) is 4.79 Å². The Morgan fingerprint density at radius 3 is 2.33 bits per heavy atom. The Bertz CT molecular complexity index is 641. The zero-order valence-electron chi connectivity index (χ0n) is 19.0. The van der Waals surface area contributed by atoms with Crippen LogP contribution in [0.2, 0.25) is 0 Å². The maximum absolute atomic E-state index is 12.4. The van der Waals surface area contributed by atoms with Crippen molar-refractivity contribution < 1.29 is 9.53 Å². The number of amides is 1. The van der Waals surface area contributed by atoms with Crippen molar-refractivity contribution in [3.05, 3.63) is 35.4 Å². The Labute approximate surface area is 199 Å². The minimum Gasteiger partial charge on any atom is -0.381 e. The van der Waals surface area contributed by atoms with Crippen molar-refractivity contribution in [1.29, 1.82) is 0 Å². The molecule has 1 aliphatic rings. The standard InChI is InChI=1S/C23H38N4O2.HI/c1-5-24-23(26(4)15-12-19-13-16-29-17-14-19)25-18-20-8-10-21(11-9-20)22(28)27(6-2)7-3;/h8-11,19H,5-7,12-18H2,1-4H3,(H,24,25);1H. The molecule has 0 radical (unpaired) electrons. The molecule has 0 aromatic heterocycles. The molecule has 7 heteroatoms. The first kappa shape index (κ1) is 26.7. The van der Waals surface area contributed by atoms with E-state index in [1.165, 1.54) is 19.3 Å². The van der Waals surface area contributed by atoms with E-state index in [2.05, 4.69) is 24.2 Å². The highest BCUT2D eigenvalue weighted by molar-refractivity contribution is 14.0. The first-order chi connectivity index (χ1) is 14.1.